The molecule has 98 valence electrons. The Balaban J connectivity index is 2.11. The number of carbonyl (C=O) groups is 2. The van der Waals surface area contributed by atoms with Crippen molar-refractivity contribution in [3.8, 4) is 0 Å². The number of carbonyl (C=O) groups excluding carboxylic acids is 1. The number of benzene rings is 1. The number of hydrogen-bond acceptors (Lipinski definition) is 4. The van der Waals surface area contributed by atoms with Crippen LogP contribution in [-0.4, -0.2) is 22.1 Å². The van der Waals surface area contributed by atoms with E-state index in [1.54, 1.807) is 24.3 Å². The van der Waals surface area contributed by atoms with Gasteiger partial charge in [-0.05, 0) is 18.1 Å². The minimum absolute atomic E-state index is 0.0108. The van der Waals surface area contributed by atoms with Crippen LogP contribution in [-0.2, 0) is 11.2 Å². The molecular weight excluding hydrogens is 248 g/mol. The molecule has 0 spiro atoms. The Morgan fingerprint density at radius 2 is 2.05 bits per heavy atom. The first-order valence-corrected chi connectivity index (χ1v) is 5.68. The molecule has 6 heteroatoms. The maximum Gasteiger partial charge on any atom is 0.303 e. The van der Waals surface area contributed by atoms with Crippen LogP contribution in [0, 0.1) is 0 Å². The Bertz CT molecular complexity index is 578. The Morgan fingerprint density at radius 3 is 2.74 bits per heavy atom. The largest absolute Gasteiger partial charge is 0.481 e. The van der Waals surface area contributed by atoms with Crippen LogP contribution in [0.2, 0.25) is 0 Å². The molecule has 1 aromatic heterocycles. The minimum atomic E-state index is -0.877. The van der Waals surface area contributed by atoms with Gasteiger partial charge in [-0.15, -0.1) is 0 Å². The van der Waals surface area contributed by atoms with Crippen molar-refractivity contribution in [2.45, 2.75) is 12.8 Å². The predicted octanol–water partition coefficient (Wildman–Crippen LogP) is 1.94. The van der Waals surface area contributed by atoms with Gasteiger partial charge in [-0.2, -0.15) is 0 Å². The standard InChI is InChI=1S/C13H12N2O4/c16-12(17)6-5-9-3-1-2-4-10(9)14-13(18)11-7-8-19-15-11/h1-4,7-8H,5-6H2,(H,14,18)(H,16,17). The Hall–Kier alpha value is -2.63. The second kappa shape index (κ2) is 5.81. The summed E-state index contributed by atoms with van der Waals surface area (Å²) in [5.74, 6) is -1.27. The number of nitrogens with zero attached hydrogens (tertiary/aromatic N) is 1. The van der Waals surface area contributed by atoms with Gasteiger partial charge in [-0.25, -0.2) is 0 Å². The number of aliphatic carboxylic acids is 1. The van der Waals surface area contributed by atoms with Gasteiger partial charge in [0.15, 0.2) is 5.69 Å². The monoisotopic (exact) mass is 260 g/mol. The zero-order chi connectivity index (χ0) is 13.7. The maximum absolute atomic E-state index is 11.8. The molecule has 1 heterocycles. The average molecular weight is 260 g/mol. The lowest BCUT2D eigenvalue weighted by Crippen LogP contribution is -2.14. The summed E-state index contributed by atoms with van der Waals surface area (Å²) in [5.41, 5.74) is 1.52. The van der Waals surface area contributed by atoms with Crippen molar-refractivity contribution in [1.29, 1.82) is 0 Å². The Kier molecular flexibility index (Phi) is 3.92. The molecule has 0 atom stereocenters. The third kappa shape index (κ3) is 3.41. The topological polar surface area (TPSA) is 92.4 Å². The molecule has 2 rings (SSSR count). The maximum atomic E-state index is 11.8. The summed E-state index contributed by atoms with van der Waals surface area (Å²) in [7, 11) is 0. The third-order valence-corrected chi connectivity index (χ3v) is 2.54. The molecule has 0 aliphatic carbocycles. The van der Waals surface area contributed by atoms with Crippen LogP contribution in [0.25, 0.3) is 0 Å². The van der Waals surface area contributed by atoms with Crippen LogP contribution in [0.5, 0.6) is 0 Å². The molecule has 0 aliphatic rings. The molecule has 6 nitrogen and oxygen atoms in total. The van der Waals surface area contributed by atoms with E-state index in [0.29, 0.717) is 12.1 Å². The van der Waals surface area contributed by atoms with Crippen LogP contribution in [0.15, 0.2) is 41.1 Å². The summed E-state index contributed by atoms with van der Waals surface area (Å²) >= 11 is 0. The fraction of sp³-hybridized carbons (Fsp3) is 0.154. The van der Waals surface area contributed by atoms with E-state index in [9.17, 15) is 9.59 Å². The number of carboxylic acid groups (broad SMARTS) is 1. The van der Waals surface area contributed by atoms with Gasteiger partial charge in [0, 0.05) is 18.2 Å². The number of aromatic nitrogens is 1. The molecular formula is C13H12N2O4. The second-order valence-corrected chi connectivity index (χ2v) is 3.89. The van der Waals surface area contributed by atoms with Gasteiger partial charge in [-0.1, -0.05) is 23.4 Å². The van der Waals surface area contributed by atoms with Crippen LogP contribution in [0.1, 0.15) is 22.5 Å². The lowest BCUT2D eigenvalue weighted by molar-refractivity contribution is -0.136. The van der Waals surface area contributed by atoms with E-state index in [4.69, 9.17) is 5.11 Å². The third-order valence-electron chi connectivity index (χ3n) is 2.54. The zero-order valence-electron chi connectivity index (χ0n) is 10.00. The van der Waals surface area contributed by atoms with Gasteiger partial charge in [0.2, 0.25) is 0 Å². The summed E-state index contributed by atoms with van der Waals surface area (Å²) in [4.78, 5) is 22.4. The highest BCUT2D eigenvalue weighted by molar-refractivity contribution is 6.03. The van der Waals surface area contributed by atoms with Gasteiger partial charge in [-0.3, -0.25) is 9.59 Å². The summed E-state index contributed by atoms with van der Waals surface area (Å²) < 4.78 is 4.59. The number of hydrogen-bond donors (Lipinski definition) is 2. The van der Waals surface area contributed by atoms with Crippen molar-refractivity contribution in [1.82, 2.24) is 5.16 Å². The predicted molar refractivity (Wildman–Crippen MR) is 66.9 cm³/mol. The van der Waals surface area contributed by atoms with Gasteiger partial charge < -0.3 is 14.9 Å². The van der Waals surface area contributed by atoms with Crippen LogP contribution in [0.3, 0.4) is 0 Å². The van der Waals surface area contributed by atoms with Gasteiger partial charge >= 0.3 is 5.97 Å². The SMILES string of the molecule is O=C(O)CCc1ccccc1NC(=O)c1ccon1. The van der Waals surface area contributed by atoms with E-state index in [1.165, 1.54) is 12.3 Å². The summed E-state index contributed by atoms with van der Waals surface area (Å²) in [6.07, 6.45) is 1.67. The van der Waals surface area contributed by atoms with Crippen molar-refractivity contribution in [3.63, 3.8) is 0 Å². The number of amides is 1. The first-order chi connectivity index (χ1) is 9.16. The highest BCUT2D eigenvalue weighted by atomic mass is 16.5. The molecule has 19 heavy (non-hydrogen) atoms. The number of anilines is 1. The van der Waals surface area contributed by atoms with Crippen molar-refractivity contribution >= 4 is 17.6 Å². The number of para-hydroxylation sites is 1. The summed E-state index contributed by atoms with van der Waals surface area (Å²) in [5, 5.41) is 14.9. The molecule has 0 fully saturated rings. The molecule has 2 N–H and O–H groups in total. The first-order valence-electron chi connectivity index (χ1n) is 5.68. The highest BCUT2D eigenvalue weighted by Crippen LogP contribution is 2.17. The molecule has 0 unspecified atom stereocenters. The summed E-state index contributed by atoms with van der Waals surface area (Å²) in [6.45, 7) is 0. The average Bonchev–Trinajstić information content (AvgIpc) is 2.91. The molecule has 1 aromatic carbocycles. The van der Waals surface area contributed by atoms with E-state index in [-0.39, 0.29) is 12.1 Å². The van der Waals surface area contributed by atoms with Crippen molar-refractivity contribution in [2.75, 3.05) is 5.32 Å². The quantitative estimate of drug-likeness (QED) is 0.857. The lowest BCUT2D eigenvalue weighted by atomic mass is 10.1. The number of nitrogens with one attached hydrogen (secondary N) is 1. The van der Waals surface area contributed by atoms with Crippen LogP contribution in [0.4, 0.5) is 5.69 Å². The molecule has 0 radical (unpaired) electrons. The Morgan fingerprint density at radius 1 is 1.26 bits per heavy atom. The minimum Gasteiger partial charge on any atom is -0.481 e. The number of aryl methyl sites for hydroxylation is 1. The normalized spacial score (nSPS) is 10.1. The fourth-order valence-corrected chi connectivity index (χ4v) is 1.62. The van der Waals surface area contributed by atoms with Crippen molar-refractivity contribution in [3.05, 3.63) is 47.9 Å². The van der Waals surface area contributed by atoms with Gasteiger partial charge in [0.1, 0.15) is 6.26 Å². The van der Waals surface area contributed by atoms with Gasteiger partial charge in [0.05, 0.1) is 0 Å². The van der Waals surface area contributed by atoms with E-state index >= 15 is 0 Å². The molecule has 0 bridgehead atoms. The summed E-state index contributed by atoms with van der Waals surface area (Å²) in [6, 6.07) is 8.51. The van der Waals surface area contributed by atoms with Gasteiger partial charge in [0.25, 0.3) is 5.91 Å². The first kappa shape index (κ1) is 12.8. The van der Waals surface area contributed by atoms with E-state index in [0.717, 1.165) is 5.56 Å². The smallest absolute Gasteiger partial charge is 0.303 e. The van der Waals surface area contributed by atoms with E-state index in [1.807, 2.05) is 0 Å². The van der Waals surface area contributed by atoms with E-state index < -0.39 is 11.9 Å². The number of carboxylic acids is 1. The Labute approximate surface area is 109 Å². The van der Waals surface area contributed by atoms with E-state index in [2.05, 4.69) is 15.0 Å². The molecule has 0 aliphatic heterocycles. The molecule has 0 saturated heterocycles. The lowest BCUT2D eigenvalue weighted by Gasteiger charge is -2.08. The second-order valence-electron chi connectivity index (χ2n) is 3.89. The molecule has 2 aromatic rings. The number of rotatable bonds is 5. The fourth-order valence-electron chi connectivity index (χ4n) is 1.62. The zero-order valence-corrected chi connectivity index (χ0v) is 10.00. The highest BCUT2D eigenvalue weighted by Gasteiger charge is 2.11. The van der Waals surface area contributed by atoms with Crippen LogP contribution >= 0.6 is 0 Å². The molecule has 0 saturated carbocycles. The molecule has 1 amide bonds. The van der Waals surface area contributed by atoms with Crippen LogP contribution < -0.4 is 5.32 Å². The van der Waals surface area contributed by atoms with Crippen molar-refractivity contribution in [2.24, 2.45) is 0 Å². The van der Waals surface area contributed by atoms with Crippen molar-refractivity contribution < 1.29 is 19.2 Å².